The van der Waals surface area contributed by atoms with Gasteiger partial charge in [0.1, 0.15) is 12.0 Å². The van der Waals surface area contributed by atoms with Crippen molar-refractivity contribution in [2.45, 2.75) is 32.0 Å². The lowest BCUT2D eigenvalue weighted by Crippen LogP contribution is -2.32. The van der Waals surface area contributed by atoms with Crippen LogP contribution in [0.15, 0.2) is 24.3 Å². The van der Waals surface area contributed by atoms with Crippen LogP contribution in [0.5, 0.6) is 0 Å². The van der Waals surface area contributed by atoms with Crippen LogP contribution in [0.3, 0.4) is 0 Å². The number of benzene rings is 1. The van der Waals surface area contributed by atoms with Gasteiger partial charge >= 0.3 is 0 Å². The summed E-state index contributed by atoms with van der Waals surface area (Å²) in [6, 6.07) is 6.36. The van der Waals surface area contributed by atoms with Gasteiger partial charge in [0.25, 0.3) is 0 Å². The number of nitrogens with zero attached hydrogens (tertiary/aromatic N) is 1. The molecule has 0 bridgehead atoms. The molecule has 2 atom stereocenters. The van der Waals surface area contributed by atoms with Gasteiger partial charge in [0.05, 0.1) is 6.04 Å². The summed E-state index contributed by atoms with van der Waals surface area (Å²) in [5.74, 6) is -0.247. The fourth-order valence-corrected chi connectivity index (χ4v) is 2.54. The molecule has 1 aromatic rings. The maximum atomic E-state index is 14.0. The Bertz CT molecular complexity index is 467. The van der Waals surface area contributed by atoms with E-state index in [1.807, 2.05) is 6.92 Å². The minimum Gasteiger partial charge on any atom is -0.385 e. The fraction of sp³-hybridized carbons (Fsp3) is 0.533. The number of amides is 1. The Morgan fingerprint density at radius 3 is 2.80 bits per heavy atom. The molecule has 110 valence electrons. The standard InChI is InChI=1S/C15H21FN2O2/c1-3-13-15(19)18(9-6-10-20-2)14(17-13)11-7-4-5-8-12(11)16/h4-5,7-8,13-14,17H,3,6,9-10H2,1-2H3. The molecule has 2 unspecified atom stereocenters. The van der Waals surface area contributed by atoms with Gasteiger partial charge in [-0.1, -0.05) is 25.1 Å². The molecular weight excluding hydrogens is 259 g/mol. The average Bonchev–Trinajstić information content (AvgIpc) is 2.77. The van der Waals surface area contributed by atoms with Crippen molar-refractivity contribution in [1.82, 2.24) is 10.2 Å². The summed E-state index contributed by atoms with van der Waals surface area (Å²) in [6.45, 7) is 3.10. The van der Waals surface area contributed by atoms with E-state index >= 15 is 0 Å². The average molecular weight is 280 g/mol. The van der Waals surface area contributed by atoms with E-state index in [1.54, 1.807) is 30.2 Å². The maximum Gasteiger partial charge on any atom is 0.241 e. The number of rotatable bonds is 6. The highest BCUT2D eigenvalue weighted by molar-refractivity contribution is 5.84. The van der Waals surface area contributed by atoms with Crippen molar-refractivity contribution in [2.24, 2.45) is 0 Å². The minimum atomic E-state index is -0.384. The van der Waals surface area contributed by atoms with Crippen LogP contribution in [0.1, 0.15) is 31.5 Å². The summed E-state index contributed by atoms with van der Waals surface area (Å²) in [6.07, 6.45) is 1.06. The number of carbonyl (C=O) groups excluding carboxylic acids is 1. The third-order valence-corrected chi connectivity index (χ3v) is 3.61. The summed E-state index contributed by atoms with van der Waals surface area (Å²) < 4.78 is 19.0. The molecule has 1 aliphatic heterocycles. The molecule has 0 aromatic heterocycles. The molecule has 1 heterocycles. The molecule has 0 saturated carbocycles. The molecule has 0 aliphatic carbocycles. The van der Waals surface area contributed by atoms with Gasteiger partial charge < -0.3 is 9.64 Å². The second-order valence-electron chi connectivity index (χ2n) is 4.93. The lowest BCUT2D eigenvalue weighted by Gasteiger charge is -2.24. The third-order valence-electron chi connectivity index (χ3n) is 3.61. The first-order valence-electron chi connectivity index (χ1n) is 6.99. The predicted molar refractivity (Wildman–Crippen MR) is 74.6 cm³/mol. The zero-order chi connectivity index (χ0) is 14.5. The number of ether oxygens (including phenoxy) is 1. The Balaban J connectivity index is 2.20. The minimum absolute atomic E-state index is 0.0388. The zero-order valence-electron chi connectivity index (χ0n) is 11.9. The van der Waals surface area contributed by atoms with Gasteiger partial charge in [0.2, 0.25) is 5.91 Å². The predicted octanol–water partition coefficient (Wildman–Crippen LogP) is 2.07. The SMILES string of the molecule is CCC1NC(c2ccccc2F)N(CCCOC)C1=O. The van der Waals surface area contributed by atoms with Crippen LogP contribution in [0.4, 0.5) is 4.39 Å². The van der Waals surface area contributed by atoms with E-state index < -0.39 is 0 Å². The molecule has 20 heavy (non-hydrogen) atoms. The fourth-order valence-electron chi connectivity index (χ4n) is 2.54. The molecule has 1 aliphatic rings. The molecule has 0 spiro atoms. The van der Waals surface area contributed by atoms with Crippen molar-refractivity contribution >= 4 is 5.91 Å². The number of methoxy groups -OCH3 is 1. The molecule has 1 fully saturated rings. The number of halogens is 1. The lowest BCUT2D eigenvalue weighted by molar-refractivity contribution is -0.130. The normalized spacial score (nSPS) is 22.6. The molecule has 1 amide bonds. The van der Waals surface area contributed by atoms with Crippen LogP contribution in [0, 0.1) is 5.82 Å². The molecule has 1 aromatic carbocycles. The zero-order valence-corrected chi connectivity index (χ0v) is 11.9. The summed E-state index contributed by atoms with van der Waals surface area (Å²) in [5.41, 5.74) is 0.522. The first-order valence-corrected chi connectivity index (χ1v) is 6.99. The van der Waals surface area contributed by atoms with Crippen LogP contribution in [-0.2, 0) is 9.53 Å². The molecular formula is C15H21FN2O2. The van der Waals surface area contributed by atoms with Crippen LogP contribution < -0.4 is 5.32 Å². The highest BCUT2D eigenvalue weighted by Crippen LogP contribution is 2.28. The summed E-state index contributed by atoms with van der Waals surface area (Å²) in [4.78, 5) is 14.0. The van der Waals surface area contributed by atoms with Crippen molar-refractivity contribution in [1.29, 1.82) is 0 Å². The van der Waals surface area contributed by atoms with Crippen LogP contribution in [0.2, 0.25) is 0 Å². The third kappa shape index (κ3) is 2.99. The smallest absolute Gasteiger partial charge is 0.241 e. The van der Waals surface area contributed by atoms with Crippen LogP contribution in [-0.4, -0.2) is 37.1 Å². The van der Waals surface area contributed by atoms with Crippen molar-refractivity contribution in [3.8, 4) is 0 Å². The Morgan fingerprint density at radius 2 is 2.15 bits per heavy atom. The number of carbonyl (C=O) groups is 1. The first kappa shape index (κ1) is 14.9. The molecule has 1 saturated heterocycles. The molecule has 5 heteroatoms. The van der Waals surface area contributed by atoms with E-state index in [4.69, 9.17) is 4.74 Å². The Kier molecular flexibility index (Phi) is 5.09. The maximum absolute atomic E-state index is 14.0. The van der Waals surface area contributed by atoms with E-state index in [0.717, 1.165) is 6.42 Å². The van der Waals surface area contributed by atoms with Gasteiger partial charge in [0, 0.05) is 25.8 Å². The summed E-state index contributed by atoms with van der Waals surface area (Å²) in [7, 11) is 1.63. The topological polar surface area (TPSA) is 41.6 Å². The van der Waals surface area contributed by atoms with Gasteiger partial charge in [-0.05, 0) is 18.9 Å². The van der Waals surface area contributed by atoms with E-state index in [9.17, 15) is 9.18 Å². The Morgan fingerprint density at radius 1 is 1.40 bits per heavy atom. The molecule has 2 rings (SSSR count). The monoisotopic (exact) mass is 280 g/mol. The van der Waals surface area contributed by atoms with Crippen molar-refractivity contribution in [2.75, 3.05) is 20.3 Å². The summed E-state index contributed by atoms with van der Waals surface area (Å²) in [5, 5.41) is 3.22. The summed E-state index contributed by atoms with van der Waals surface area (Å²) >= 11 is 0. The highest BCUT2D eigenvalue weighted by atomic mass is 19.1. The number of nitrogens with one attached hydrogen (secondary N) is 1. The molecule has 0 radical (unpaired) electrons. The second-order valence-corrected chi connectivity index (χ2v) is 4.93. The van der Waals surface area contributed by atoms with E-state index in [2.05, 4.69) is 5.32 Å². The van der Waals surface area contributed by atoms with Gasteiger partial charge in [0.15, 0.2) is 0 Å². The van der Waals surface area contributed by atoms with Crippen molar-refractivity contribution in [3.63, 3.8) is 0 Å². The number of hydrogen-bond acceptors (Lipinski definition) is 3. The molecule has 4 nitrogen and oxygen atoms in total. The lowest BCUT2D eigenvalue weighted by atomic mass is 10.1. The van der Waals surface area contributed by atoms with E-state index in [0.29, 0.717) is 25.1 Å². The van der Waals surface area contributed by atoms with E-state index in [-0.39, 0.29) is 23.9 Å². The van der Waals surface area contributed by atoms with Crippen molar-refractivity contribution < 1.29 is 13.9 Å². The Hall–Kier alpha value is -1.46. The Labute approximate surface area is 118 Å². The first-order chi connectivity index (χ1) is 9.69. The second kappa shape index (κ2) is 6.81. The van der Waals surface area contributed by atoms with Gasteiger partial charge in [-0.15, -0.1) is 0 Å². The van der Waals surface area contributed by atoms with Gasteiger partial charge in [-0.2, -0.15) is 0 Å². The molecule has 1 N–H and O–H groups in total. The highest BCUT2D eigenvalue weighted by Gasteiger charge is 2.39. The van der Waals surface area contributed by atoms with Gasteiger partial charge in [-0.3, -0.25) is 10.1 Å². The quantitative estimate of drug-likeness (QED) is 0.811. The van der Waals surface area contributed by atoms with E-state index in [1.165, 1.54) is 6.07 Å². The van der Waals surface area contributed by atoms with Crippen LogP contribution >= 0.6 is 0 Å². The largest absolute Gasteiger partial charge is 0.385 e. The van der Waals surface area contributed by atoms with Crippen molar-refractivity contribution in [3.05, 3.63) is 35.6 Å². The number of hydrogen-bond donors (Lipinski definition) is 1. The van der Waals surface area contributed by atoms with Crippen LogP contribution in [0.25, 0.3) is 0 Å². The van der Waals surface area contributed by atoms with Gasteiger partial charge in [-0.25, -0.2) is 4.39 Å².